The highest BCUT2D eigenvalue weighted by atomic mass is 16.5. The third-order valence-electron chi connectivity index (χ3n) is 2.45. The maximum absolute atomic E-state index is 5.62. The smallest absolute Gasteiger partial charge is 0.0623 e. The lowest BCUT2D eigenvalue weighted by Crippen LogP contribution is -2.35. The van der Waals surface area contributed by atoms with Gasteiger partial charge >= 0.3 is 0 Å². The maximum Gasteiger partial charge on any atom is 0.0623 e. The summed E-state index contributed by atoms with van der Waals surface area (Å²) in [5.74, 6) is 0. The molecule has 0 spiro atoms. The van der Waals surface area contributed by atoms with Crippen molar-refractivity contribution in [2.24, 2.45) is 0 Å². The van der Waals surface area contributed by atoms with E-state index >= 15 is 0 Å². The van der Waals surface area contributed by atoms with Crippen LogP contribution in [-0.2, 0) is 9.47 Å². The summed E-state index contributed by atoms with van der Waals surface area (Å²) >= 11 is 0. The van der Waals surface area contributed by atoms with Gasteiger partial charge in [0.2, 0.25) is 0 Å². The minimum absolute atomic E-state index is 0.311. The van der Waals surface area contributed by atoms with Crippen LogP contribution in [0.2, 0.25) is 0 Å². The number of ether oxygens (including phenoxy) is 2. The maximum atomic E-state index is 5.62. The molecular weight excluding hydrogens is 190 g/mol. The third kappa shape index (κ3) is 8.85. The SMILES string of the molecule is CCNC(CCC(C)OC)COC(C)C. The van der Waals surface area contributed by atoms with Crippen LogP contribution in [-0.4, -0.2) is 38.5 Å². The van der Waals surface area contributed by atoms with Crippen LogP contribution < -0.4 is 5.32 Å². The Hall–Kier alpha value is -0.120. The van der Waals surface area contributed by atoms with E-state index in [-0.39, 0.29) is 0 Å². The van der Waals surface area contributed by atoms with Crippen molar-refractivity contribution in [2.75, 3.05) is 20.3 Å². The van der Waals surface area contributed by atoms with E-state index < -0.39 is 0 Å². The molecule has 0 bridgehead atoms. The van der Waals surface area contributed by atoms with Gasteiger partial charge in [0, 0.05) is 13.2 Å². The fourth-order valence-electron chi connectivity index (χ4n) is 1.40. The number of rotatable bonds is 9. The summed E-state index contributed by atoms with van der Waals surface area (Å²) < 4.78 is 10.9. The van der Waals surface area contributed by atoms with E-state index in [0.29, 0.717) is 18.2 Å². The van der Waals surface area contributed by atoms with E-state index in [1.165, 1.54) is 0 Å². The minimum atomic E-state index is 0.311. The zero-order valence-corrected chi connectivity index (χ0v) is 10.9. The Bertz CT molecular complexity index is 140. The van der Waals surface area contributed by atoms with Gasteiger partial charge in [-0.2, -0.15) is 0 Å². The van der Waals surface area contributed by atoms with Crippen molar-refractivity contribution in [2.45, 2.75) is 58.8 Å². The lowest BCUT2D eigenvalue weighted by molar-refractivity contribution is 0.0525. The lowest BCUT2D eigenvalue weighted by atomic mass is 10.1. The molecule has 0 amide bonds. The largest absolute Gasteiger partial charge is 0.382 e. The Kier molecular flexibility index (Phi) is 9.06. The van der Waals surface area contributed by atoms with Crippen LogP contribution in [0.15, 0.2) is 0 Å². The van der Waals surface area contributed by atoms with Crippen molar-refractivity contribution in [3.8, 4) is 0 Å². The average Bonchev–Trinajstić information content (AvgIpc) is 2.21. The number of hydrogen-bond donors (Lipinski definition) is 1. The molecule has 0 aromatic rings. The molecule has 0 aliphatic rings. The lowest BCUT2D eigenvalue weighted by Gasteiger charge is -2.20. The first-order chi connectivity index (χ1) is 7.10. The molecule has 2 atom stereocenters. The molecule has 0 aliphatic heterocycles. The molecule has 0 aliphatic carbocycles. The van der Waals surface area contributed by atoms with Crippen LogP contribution in [0.5, 0.6) is 0 Å². The van der Waals surface area contributed by atoms with Crippen LogP contribution in [0.4, 0.5) is 0 Å². The van der Waals surface area contributed by atoms with E-state index in [1.807, 2.05) is 0 Å². The molecule has 15 heavy (non-hydrogen) atoms. The minimum Gasteiger partial charge on any atom is -0.382 e. The number of nitrogens with one attached hydrogen (secondary N) is 1. The zero-order chi connectivity index (χ0) is 11.7. The van der Waals surface area contributed by atoms with Gasteiger partial charge in [0.25, 0.3) is 0 Å². The van der Waals surface area contributed by atoms with Crippen molar-refractivity contribution in [1.29, 1.82) is 0 Å². The first-order valence-electron chi connectivity index (χ1n) is 5.97. The van der Waals surface area contributed by atoms with Gasteiger partial charge in [0.1, 0.15) is 0 Å². The van der Waals surface area contributed by atoms with Crippen LogP contribution in [0, 0.1) is 0 Å². The molecule has 0 aromatic heterocycles. The predicted octanol–water partition coefficient (Wildman–Crippen LogP) is 2.20. The average molecular weight is 217 g/mol. The highest BCUT2D eigenvalue weighted by molar-refractivity contribution is 4.67. The van der Waals surface area contributed by atoms with Crippen molar-refractivity contribution in [1.82, 2.24) is 5.32 Å². The van der Waals surface area contributed by atoms with Crippen LogP contribution in [0.3, 0.4) is 0 Å². The predicted molar refractivity (Wildman–Crippen MR) is 64.3 cm³/mol. The summed E-state index contributed by atoms with van der Waals surface area (Å²) in [6.07, 6.45) is 2.83. The molecule has 0 saturated carbocycles. The van der Waals surface area contributed by atoms with Gasteiger partial charge in [-0.25, -0.2) is 0 Å². The quantitative estimate of drug-likeness (QED) is 0.642. The standard InChI is InChI=1S/C12H27NO2/c1-6-13-12(9-15-10(2)3)8-7-11(4)14-5/h10-13H,6-9H2,1-5H3. The molecule has 0 aromatic carbocycles. The van der Waals surface area contributed by atoms with Gasteiger partial charge in [-0.05, 0) is 40.2 Å². The van der Waals surface area contributed by atoms with Gasteiger partial charge in [-0.3, -0.25) is 0 Å². The Morgan fingerprint density at radius 3 is 2.27 bits per heavy atom. The normalized spacial score (nSPS) is 15.6. The van der Waals surface area contributed by atoms with Crippen LogP contribution in [0.25, 0.3) is 0 Å². The molecule has 0 rings (SSSR count). The van der Waals surface area contributed by atoms with Crippen LogP contribution >= 0.6 is 0 Å². The fourth-order valence-corrected chi connectivity index (χ4v) is 1.40. The summed E-state index contributed by atoms with van der Waals surface area (Å²) in [7, 11) is 1.76. The summed E-state index contributed by atoms with van der Waals surface area (Å²) in [4.78, 5) is 0. The van der Waals surface area contributed by atoms with E-state index in [4.69, 9.17) is 9.47 Å². The number of likely N-dealkylation sites (N-methyl/N-ethyl adjacent to an activating group) is 1. The van der Waals surface area contributed by atoms with Crippen molar-refractivity contribution in [3.63, 3.8) is 0 Å². The molecule has 0 fully saturated rings. The molecule has 0 saturated heterocycles. The van der Waals surface area contributed by atoms with E-state index in [1.54, 1.807) is 7.11 Å². The monoisotopic (exact) mass is 217 g/mol. The molecule has 0 heterocycles. The molecule has 1 N–H and O–H groups in total. The first-order valence-corrected chi connectivity index (χ1v) is 5.97. The summed E-state index contributed by atoms with van der Waals surface area (Å²) in [5, 5.41) is 3.44. The van der Waals surface area contributed by atoms with Crippen molar-refractivity contribution < 1.29 is 9.47 Å². The topological polar surface area (TPSA) is 30.5 Å². The molecule has 92 valence electrons. The molecular formula is C12H27NO2. The Morgan fingerprint density at radius 2 is 1.80 bits per heavy atom. The van der Waals surface area contributed by atoms with Crippen molar-refractivity contribution in [3.05, 3.63) is 0 Å². The number of hydrogen-bond acceptors (Lipinski definition) is 3. The van der Waals surface area contributed by atoms with Crippen molar-refractivity contribution >= 4 is 0 Å². The van der Waals surface area contributed by atoms with Gasteiger partial charge in [0.05, 0.1) is 18.8 Å². The fraction of sp³-hybridized carbons (Fsp3) is 1.00. The highest BCUT2D eigenvalue weighted by Crippen LogP contribution is 2.05. The molecule has 3 nitrogen and oxygen atoms in total. The van der Waals surface area contributed by atoms with E-state index in [0.717, 1.165) is 26.0 Å². The summed E-state index contributed by atoms with van der Waals surface area (Å²) in [5.41, 5.74) is 0. The zero-order valence-electron chi connectivity index (χ0n) is 10.9. The Balaban J connectivity index is 3.72. The molecule has 2 unspecified atom stereocenters. The summed E-state index contributed by atoms with van der Waals surface area (Å²) in [6.45, 7) is 10.2. The highest BCUT2D eigenvalue weighted by Gasteiger charge is 2.10. The van der Waals surface area contributed by atoms with Gasteiger partial charge in [-0.1, -0.05) is 6.92 Å². The Labute approximate surface area is 94.5 Å². The number of methoxy groups -OCH3 is 1. The second kappa shape index (κ2) is 9.13. The summed E-state index contributed by atoms with van der Waals surface area (Å²) in [6, 6.07) is 0.454. The Morgan fingerprint density at radius 1 is 1.13 bits per heavy atom. The van der Waals surface area contributed by atoms with Gasteiger partial charge < -0.3 is 14.8 Å². The van der Waals surface area contributed by atoms with E-state index in [2.05, 4.69) is 33.0 Å². The van der Waals surface area contributed by atoms with Crippen LogP contribution in [0.1, 0.15) is 40.5 Å². The third-order valence-corrected chi connectivity index (χ3v) is 2.45. The van der Waals surface area contributed by atoms with Gasteiger partial charge in [0.15, 0.2) is 0 Å². The van der Waals surface area contributed by atoms with Gasteiger partial charge in [-0.15, -0.1) is 0 Å². The second-order valence-corrected chi connectivity index (χ2v) is 4.26. The molecule has 3 heteroatoms. The second-order valence-electron chi connectivity index (χ2n) is 4.26. The van der Waals surface area contributed by atoms with E-state index in [9.17, 15) is 0 Å². The first kappa shape index (κ1) is 14.9. The molecule has 0 radical (unpaired) electrons.